The van der Waals surface area contributed by atoms with Gasteiger partial charge in [-0.25, -0.2) is 13.8 Å². The van der Waals surface area contributed by atoms with Crippen molar-refractivity contribution in [3.05, 3.63) is 124 Å². The molecule has 0 saturated heterocycles. The SMILES string of the molecule is [O-][n+]1cc(-c2cc(Cl)ccc2-n2cnnn2)ccc1[C@H](Cc1ccc(F)cc1)c1nc2ccc(F)cc2[nH]1. The molecule has 6 aromatic rings. The highest BCUT2D eigenvalue weighted by molar-refractivity contribution is 6.31. The van der Waals surface area contributed by atoms with Gasteiger partial charge >= 0.3 is 0 Å². The van der Waals surface area contributed by atoms with Crippen LogP contribution in [0.1, 0.15) is 23.0 Å². The highest BCUT2D eigenvalue weighted by atomic mass is 35.5. The summed E-state index contributed by atoms with van der Waals surface area (Å²) in [6, 6.07) is 19.1. The van der Waals surface area contributed by atoms with Gasteiger partial charge in [0.1, 0.15) is 29.7 Å². The lowest BCUT2D eigenvalue weighted by molar-refractivity contribution is -0.614. The first-order chi connectivity index (χ1) is 18.4. The zero-order valence-corrected chi connectivity index (χ0v) is 20.3. The number of H-pyrrole nitrogens is 1. The van der Waals surface area contributed by atoms with E-state index in [0.29, 0.717) is 50.8 Å². The molecule has 0 aliphatic heterocycles. The van der Waals surface area contributed by atoms with Crippen LogP contribution in [0.3, 0.4) is 0 Å². The van der Waals surface area contributed by atoms with Crippen molar-refractivity contribution in [2.45, 2.75) is 12.3 Å². The van der Waals surface area contributed by atoms with E-state index in [-0.39, 0.29) is 5.82 Å². The molecular formula is C27H18ClF2N7O. The first-order valence-corrected chi connectivity index (χ1v) is 12.0. The molecule has 0 bridgehead atoms. The lowest BCUT2D eigenvalue weighted by Gasteiger charge is -2.16. The number of imidazole rings is 1. The summed E-state index contributed by atoms with van der Waals surface area (Å²) in [7, 11) is 0. The Kier molecular flexibility index (Phi) is 6.01. The van der Waals surface area contributed by atoms with E-state index in [1.807, 2.05) is 6.07 Å². The number of hydrogen-bond acceptors (Lipinski definition) is 5. The number of hydrogen-bond donors (Lipinski definition) is 1. The van der Waals surface area contributed by atoms with Gasteiger partial charge in [-0.1, -0.05) is 23.7 Å². The smallest absolute Gasteiger partial charge is 0.203 e. The molecule has 188 valence electrons. The molecule has 1 N–H and O–H groups in total. The van der Waals surface area contributed by atoms with Crippen molar-refractivity contribution in [1.82, 2.24) is 30.2 Å². The molecule has 38 heavy (non-hydrogen) atoms. The van der Waals surface area contributed by atoms with Gasteiger partial charge in [-0.2, -0.15) is 9.41 Å². The van der Waals surface area contributed by atoms with E-state index in [4.69, 9.17) is 11.6 Å². The average molecular weight is 530 g/mol. The molecule has 6 rings (SSSR count). The Morgan fingerprint density at radius 3 is 2.55 bits per heavy atom. The molecule has 1 atom stereocenters. The molecule has 0 saturated carbocycles. The summed E-state index contributed by atoms with van der Waals surface area (Å²) in [5, 5.41) is 25.3. The maximum absolute atomic E-state index is 13.8. The molecule has 0 aliphatic rings. The number of rotatable bonds is 6. The van der Waals surface area contributed by atoms with Crippen LogP contribution in [0.5, 0.6) is 0 Å². The van der Waals surface area contributed by atoms with E-state index in [1.165, 1.54) is 41.5 Å². The molecule has 0 spiro atoms. The Morgan fingerprint density at radius 1 is 0.974 bits per heavy atom. The Bertz CT molecular complexity index is 1750. The summed E-state index contributed by atoms with van der Waals surface area (Å²) >= 11 is 6.27. The molecule has 0 radical (unpaired) electrons. The van der Waals surface area contributed by atoms with Crippen molar-refractivity contribution >= 4 is 22.6 Å². The van der Waals surface area contributed by atoms with Crippen molar-refractivity contribution in [2.24, 2.45) is 0 Å². The minimum Gasteiger partial charge on any atom is -0.618 e. The quantitative estimate of drug-likeness (QED) is 0.238. The lowest BCUT2D eigenvalue weighted by atomic mass is 9.94. The predicted molar refractivity (Wildman–Crippen MR) is 137 cm³/mol. The standard InChI is InChI=1S/C27H18ClF2N7O/c28-18-4-10-25(36-15-31-34-35-36)21(12-18)17-3-9-26(37(38)14-17)22(11-16-1-5-19(29)6-2-16)27-32-23-8-7-20(30)13-24(23)33-27/h1-10,12-15,22H,11H2,(H,32,33)/t22-/m0/s1. The van der Waals surface area contributed by atoms with Crippen molar-refractivity contribution < 1.29 is 13.5 Å². The first kappa shape index (κ1) is 23.7. The number of aromatic amines is 1. The second-order valence-electron chi connectivity index (χ2n) is 8.75. The van der Waals surface area contributed by atoms with Crippen molar-refractivity contribution in [2.75, 3.05) is 0 Å². The van der Waals surface area contributed by atoms with E-state index in [2.05, 4.69) is 25.5 Å². The summed E-state index contributed by atoms with van der Waals surface area (Å²) in [5.41, 5.74) is 4.22. The molecule has 11 heteroatoms. The number of halogens is 3. The van der Waals surface area contributed by atoms with Crippen molar-refractivity contribution in [1.29, 1.82) is 0 Å². The summed E-state index contributed by atoms with van der Waals surface area (Å²) in [6.45, 7) is 0. The molecule has 8 nitrogen and oxygen atoms in total. The van der Waals surface area contributed by atoms with Gasteiger partial charge in [-0.15, -0.1) is 5.10 Å². The maximum Gasteiger partial charge on any atom is 0.203 e. The molecule has 0 amide bonds. The van der Waals surface area contributed by atoms with Crippen LogP contribution in [0, 0.1) is 16.8 Å². The summed E-state index contributed by atoms with van der Waals surface area (Å²) < 4.78 is 29.6. The lowest BCUT2D eigenvalue weighted by Crippen LogP contribution is -2.34. The second-order valence-corrected chi connectivity index (χ2v) is 9.19. The van der Waals surface area contributed by atoms with Gasteiger partial charge in [-0.05, 0) is 77.0 Å². The van der Waals surface area contributed by atoms with Crippen molar-refractivity contribution in [3.8, 4) is 16.8 Å². The zero-order chi connectivity index (χ0) is 26.2. The van der Waals surface area contributed by atoms with E-state index in [9.17, 15) is 14.0 Å². The molecular weight excluding hydrogens is 512 g/mol. The number of aromatic nitrogens is 7. The van der Waals surface area contributed by atoms with E-state index in [0.717, 1.165) is 10.3 Å². The van der Waals surface area contributed by atoms with Crippen LogP contribution in [-0.4, -0.2) is 30.2 Å². The number of nitrogens with one attached hydrogen (secondary N) is 1. The van der Waals surface area contributed by atoms with Crippen LogP contribution in [-0.2, 0) is 6.42 Å². The Morgan fingerprint density at radius 2 is 1.79 bits per heavy atom. The van der Waals surface area contributed by atoms with Gasteiger partial charge in [0.2, 0.25) is 5.69 Å². The van der Waals surface area contributed by atoms with Crippen LogP contribution >= 0.6 is 11.6 Å². The van der Waals surface area contributed by atoms with Gasteiger partial charge < -0.3 is 10.2 Å². The van der Waals surface area contributed by atoms with Crippen LogP contribution in [0.2, 0.25) is 5.02 Å². The number of fused-ring (bicyclic) bond motifs is 1. The minimum absolute atomic E-state index is 0.354. The molecule has 0 aliphatic carbocycles. The predicted octanol–water partition coefficient (Wildman–Crippen LogP) is 5.15. The zero-order valence-electron chi connectivity index (χ0n) is 19.6. The average Bonchev–Trinajstić information content (AvgIpc) is 3.59. The third-order valence-electron chi connectivity index (χ3n) is 6.31. The highest BCUT2D eigenvalue weighted by Crippen LogP contribution is 2.31. The molecule has 0 unspecified atom stereocenters. The Balaban J connectivity index is 1.45. The monoisotopic (exact) mass is 529 g/mol. The van der Waals surface area contributed by atoms with E-state index >= 15 is 0 Å². The van der Waals surface area contributed by atoms with Gasteiger partial charge in [0.25, 0.3) is 0 Å². The van der Waals surface area contributed by atoms with Crippen LogP contribution in [0.4, 0.5) is 8.78 Å². The summed E-state index contributed by atoms with van der Waals surface area (Å²) in [4.78, 5) is 7.79. The number of tetrazole rings is 1. The van der Waals surface area contributed by atoms with Gasteiger partial charge in [0, 0.05) is 22.2 Å². The van der Waals surface area contributed by atoms with Crippen molar-refractivity contribution in [3.63, 3.8) is 0 Å². The Labute approximate surface area is 219 Å². The first-order valence-electron chi connectivity index (χ1n) is 11.6. The third kappa shape index (κ3) is 4.57. The third-order valence-corrected chi connectivity index (χ3v) is 6.55. The molecule has 0 fully saturated rings. The van der Waals surface area contributed by atoms with E-state index in [1.54, 1.807) is 42.5 Å². The minimum atomic E-state index is -0.527. The normalized spacial score (nSPS) is 12.2. The van der Waals surface area contributed by atoms with Crippen LogP contribution in [0.15, 0.2) is 85.3 Å². The largest absolute Gasteiger partial charge is 0.618 e. The van der Waals surface area contributed by atoms with Gasteiger partial charge in [0.05, 0.1) is 16.7 Å². The Hall–Kier alpha value is -4.70. The second kappa shape index (κ2) is 9.64. The van der Waals surface area contributed by atoms with Crippen LogP contribution in [0.25, 0.3) is 27.8 Å². The van der Waals surface area contributed by atoms with Gasteiger partial charge in [-0.3, -0.25) is 0 Å². The highest BCUT2D eigenvalue weighted by Gasteiger charge is 2.27. The van der Waals surface area contributed by atoms with Crippen LogP contribution < -0.4 is 4.73 Å². The topological polar surface area (TPSA) is 99.2 Å². The summed E-state index contributed by atoms with van der Waals surface area (Å²) in [6.07, 6.45) is 3.27. The molecule has 3 heterocycles. The fraction of sp³-hybridized carbons (Fsp3) is 0.0741. The summed E-state index contributed by atoms with van der Waals surface area (Å²) in [5.74, 6) is -0.788. The fourth-order valence-corrected chi connectivity index (χ4v) is 4.67. The van der Waals surface area contributed by atoms with Gasteiger partial charge in [0.15, 0.2) is 6.20 Å². The fourth-order valence-electron chi connectivity index (χ4n) is 4.50. The molecule has 3 aromatic carbocycles. The van der Waals surface area contributed by atoms with E-state index < -0.39 is 11.7 Å². The molecule has 3 aromatic heterocycles. The maximum atomic E-state index is 13.8. The number of benzene rings is 3. The number of nitrogens with zero attached hydrogens (tertiary/aromatic N) is 6. The number of pyridine rings is 1.